The van der Waals surface area contributed by atoms with Crippen LogP contribution in [0.4, 0.5) is 5.82 Å². The van der Waals surface area contributed by atoms with E-state index >= 15 is 0 Å². The summed E-state index contributed by atoms with van der Waals surface area (Å²) in [4.78, 5) is 17.5. The maximum atomic E-state index is 11.1. The molecular weight excluding hydrogens is 268 g/mol. The van der Waals surface area contributed by atoms with Gasteiger partial charge in [0.1, 0.15) is 5.82 Å². The van der Waals surface area contributed by atoms with E-state index in [2.05, 4.69) is 17.2 Å². The molecule has 3 N–H and O–H groups in total. The Hall–Kier alpha value is -1.66. The molecule has 0 unspecified atom stereocenters. The highest BCUT2D eigenvalue weighted by atomic mass is 16.5. The molecule has 0 aromatic carbocycles. The molecule has 0 fully saturated rings. The number of carbonyl (C=O) groups excluding carboxylic acids is 1. The Morgan fingerprint density at radius 2 is 2.29 bits per heavy atom. The van der Waals surface area contributed by atoms with Crippen molar-refractivity contribution in [1.82, 2.24) is 10.3 Å². The van der Waals surface area contributed by atoms with E-state index in [-0.39, 0.29) is 12.5 Å². The second-order valence-electron chi connectivity index (χ2n) is 4.94. The first-order valence-electron chi connectivity index (χ1n) is 7.35. The van der Waals surface area contributed by atoms with E-state index in [4.69, 9.17) is 10.5 Å². The van der Waals surface area contributed by atoms with Crippen LogP contribution in [-0.2, 0) is 16.1 Å². The molecule has 6 heteroatoms. The largest absolute Gasteiger partial charge is 0.383 e. The second kappa shape index (κ2) is 10.1. The van der Waals surface area contributed by atoms with Crippen molar-refractivity contribution < 1.29 is 9.53 Å². The molecule has 118 valence electrons. The fourth-order valence-electron chi connectivity index (χ4n) is 1.93. The number of unbranched alkanes of at least 4 members (excludes halogenated alkanes) is 1. The molecule has 0 atom stereocenters. The zero-order valence-corrected chi connectivity index (χ0v) is 13.0. The number of amides is 1. The van der Waals surface area contributed by atoms with E-state index in [1.54, 1.807) is 7.11 Å². The van der Waals surface area contributed by atoms with Crippen LogP contribution in [0.3, 0.4) is 0 Å². The predicted octanol–water partition coefficient (Wildman–Crippen LogP) is 0.909. The third-order valence-corrected chi connectivity index (χ3v) is 3.07. The molecule has 1 rings (SSSR count). The van der Waals surface area contributed by atoms with Crippen molar-refractivity contribution in [3.8, 4) is 0 Å². The molecule has 1 aromatic rings. The zero-order valence-electron chi connectivity index (χ0n) is 13.0. The lowest BCUT2D eigenvalue weighted by molar-refractivity contribution is -0.116. The molecule has 0 aliphatic carbocycles. The molecule has 1 heterocycles. The van der Waals surface area contributed by atoms with Crippen molar-refractivity contribution >= 4 is 11.7 Å². The van der Waals surface area contributed by atoms with Crippen molar-refractivity contribution in [3.63, 3.8) is 0 Å². The number of nitrogens with two attached hydrogens (primary N) is 1. The van der Waals surface area contributed by atoms with Crippen LogP contribution in [0.2, 0.25) is 0 Å². The number of nitrogens with one attached hydrogen (secondary N) is 1. The summed E-state index contributed by atoms with van der Waals surface area (Å²) in [7, 11) is 1.68. The van der Waals surface area contributed by atoms with Crippen LogP contribution < -0.4 is 16.0 Å². The number of hydrogen-bond donors (Lipinski definition) is 2. The lowest BCUT2D eigenvalue weighted by Crippen LogP contribution is -2.35. The molecule has 0 saturated carbocycles. The monoisotopic (exact) mass is 294 g/mol. The van der Waals surface area contributed by atoms with E-state index in [0.29, 0.717) is 6.61 Å². The first-order chi connectivity index (χ1) is 10.2. The first kappa shape index (κ1) is 17.4. The van der Waals surface area contributed by atoms with Gasteiger partial charge in [0, 0.05) is 32.9 Å². The lowest BCUT2D eigenvalue weighted by Gasteiger charge is -2.22. The Bertz CT molecular complexity index is 409. The van der Waals surface area contributed by atoms with Gasteiger partial charge in [0.25, 0.3) is 0 Å². The van der Waals surface area contributed by atoms with Gasteiger partial charge in [-0.05, 0) is 18.1 Å². The SMILES string of the molecule is CCCCN(CC(N)=O)c1ccc(CNCCOC)cn1. The van der Waals surface area contributed by atoms with E-state index in [1.165, 1.54) is 0 Å². The van der Waals surface area contributed by atoms with Crippen molar-refractivity contribution in [2.45, 2.75) is 26.3 Å². The van der Waals surface area contributed by atoms with Crippen LogP contribution >= 0.6 is 0 Å². The molecule has 0 aliphatic rings. The molecule has 0 spiro atoms. The predicted molar refractivity (Wildman–Crippen MR) is 84.1 cm³/mol. The summed E-state index contributed by atoms with van der Waals surface area (Å²) in [6, 6.07) is 3.95. The van der Waals surface area contributed by atoms with Gasteiger partial charge in [-0.3, -0.25) is 4.79 Å². The highest BCUT2D eigenvalue weighted by Crippen LogP contribution is 2.12. The number of pyridine rings is 1. The highest BCUT2D eigenvalue weighted by Gasteiger charge is 2.10. The summed E-state index contributed by atoms with van der Waals surface area (Å²) in [5.41, 5.74) is 6.40. The Balaban J connectivity index is 2.57. The number of rotatable bonds is 11. The minimum absolute atomic E-state index is 0.207. The molecule has 0 aliphatic heterocycles. The van der Waals surface area contributed by atoms with E-state index in [9.17, 15) is 4.79 Å². The van der Waals surface area contributed by atoms with Crippen LogP contribution in [0, 0.1) is 0 Å². The normalized spacial score (nSPS) is 10.6. The average Bonchev–Trinajstić information content (AvgIpc) is 2.48. The number of anilines is 1. The minimum atomic E-state index is -0.335. The van der Waals surface area contributed by atoms with Crippen molar-refractivity contribution in [2.75, 3.05) is 38.3 Å². The van der Waals surface area contributed by atoms with Crippen LogP contribution in [0.25, 0.3) is 0 Å². The van der Waals surface area contributed by atoms with Gasteiger partial charge in [0.2, 0.25) is 5.91 Å². The fraction of sp³-hybridized carbons (Fsp3) is 0.600. The smallest absolute Gasteiger partial charge is 0.236 e. The van der Waals surface area contributed by atoms with Gasteiger partial charge >= 0.3 is 0 Å². The molecule has 0 saturated heterocycles. The van der Waals surface area contributed by atoms with Gasteiger partial charge in [-0.2, -0.15) is 0 Å². The highest BCUT2D eigenvalue weighted by molar-refractivity contribution is 5.79. The number of hydrogen-bond acceptors (Lipinski definition) is 5. The van der Waals surface area contributed by atoms with Gasteiger partial charge in [-0.1, -0.05) is 19.4 Å². The Morgan fingerprint density at radius 1 is 1.48 bits per heavy atom. The van der Waals surface area contributed by atoms with Crippen LogP contribution in [0.5, 0.6) is 0 Å². The maximum absolute atomic E-state index is 11.1. The summed E-state index contributed by atoms with van der Waals surface area (Å²) in [6.45, 7) is 5.36. The molecule has 1 aromatic heterocycles. The van der Waals surface area contributed by atoms with Crippen molar-refractivity contribution in [3.05, 3.63) is 23.9 Å². The van der Waals surface area contributed by atoms with Gasteiger partial charge in [0.05, 0.1) is 13.2 Å². The maximum Gasteiger partial charge on any atom is 0.236 e. The summed E-state index contributed by atoms with van der Waals surface area (Å²) in [6.07, 6.45) is 3.90. The minimum Gasteiger partial charge on any atom is -0.383 e. The summed E-state index contributed by atoms with van der Waals surface area (Å²) in [5, 5.41) is 3.27. The van der Waals surface area contributed by atoms with Crippen LogP contribution in [0.15, 0.2) is 18.3 Å². The standard InChI is InChI=1S/C15H26N4O2/c1-3-4-8-19(12-14(16)20)15-6-5-13(11-18-15)10-17-7-9-21-2/h5-6,11,17H,3-4,7-10,12H2,1-2H3,(H2,16,20). The van der Waals surface area contributed by atoms with Gasteiger partial charge < -0.3 is 20.7 Å². The molecular formula is C15H26N4O2. The number of primary amides is 1. The summed E-state index contributed by atoms with van der Waals surface area (Å²) < 4.78 is 4.98. The number of aromatic nitrogens is 1. The lowest BCUT2D eigenvalue weighted by atomic mass is 10.2. The Kier molecular flexibility index (Phi) is 8.38. The topological polar surface area (TPSA) is 80.5 Å². The molecule has 6 nitrogen and oxygen atoms in total. The quantitative estimate of drug-likeness (QED) is 0.593. The average molecular weight is 294 g/mol. The fourth-order valence-corrected chi connectivity index (χ4v) is 1.93. The Labute approximate surface area is 126 Å². The number of nitrogens with zero attached hydrogens (tertiary/aromatic N) is 2. The van der Waals surface area contributed by atoms with Crippen molar-refractivity contribution in [1.29, 1.82) is 0 Å². The van der Waals surface area contributed by atoms with Crippen LogP contribution in [-0.4, -0.2) is 44.2 Å². The first-order valence-corrected chi connectivity index (χ1v) is 7.35. The molecule has 0 radical (unpaired) electrons. The molecule has 21 heavy (non-hydrogen) atoms. The van der Waals surface area contributed by atoms with E-state index < -0.39 is 0 Å². The van der Waals surface area contributed by atoms with Gasteiger partial charge in [-0.15, -0.1) is 0 Å². The summed E-state index contributed by atoms with van der Waals surface area (Å²) >= 11 is 0. The number of ether oxygens (including phenoxy) is 1. The zero-order chi connectivity index (χ0) is 15.5. The Morgan fingerprint density at radius 3 is 2.86 bits per heavy atom. The second-order valence-corrected chi connectivity index (χ2v) is 4.94. The van der Waals surface area contributed by atoms with Gasteiger partial charge in [0.15, 0.2) is 0 Å². The third kappa shape index (κ3) is 7.06. The summed E-state index contributed by atoms with van der Waals surface area (Å²) in [5.74, 6) is 0.459. The molecule has 1 amide bonds. The van der Waals surface area contributed by atoms with E-state index in [1.807, 2.05) is 23.2 Å². The third-order valence-electron chi connectivity index (χ3n) is 3.07. The molecule has 0 bridgehead atoms. The van der Waals surface area contributed by atoms with Crippen LogP contribution in [0.1, 0.15) is 25.3 Å². The number of carbonyl (C=O) groups is 1. The number of methoxy groups -OCH3 is 1. The van der Waals surface area contributed by atoms with Crippen molar-refractivity contribution in [2.24, 2.45) is 5.73 Å². The van der Waals surface area contributed by atoms with E-state index in [0.717, 1.165) is 43.9 Å². The van der Waals surface area contributed by atoms with Gasteiger partial charge in [-0.25, -0.2) is 4.98 Å².